The van der Waals surface area contributed by atoms with E-state index in [1.807, 2.05) is 11.0 Å². The first-order valence-electron chi connectivity index (χ1n) is 8.55. The quantitative estimate of drug-likeness (QED) is 0.834. The van der Waals surface area contributed by atoms with E-state index in [4.69, 9.17) is 5.14 Å². The number of primary sulfonamides is 1. The molecule has 0 aromatic heterocycles. The van der Waals surface area contributed by atoms with E-state index in [0.717, 1.165) is 0 Å². The van der Waals surface area contributed by atoms with Crippen molar-refractivity contribution in [1.29, 1.82) is 5.26 Å². The Bertz CT molecular complexity index is 963. The van der Waals surface area contributed by atoms with Gasteiger partial charge in [0.2, 0.25) is 10.0 Å². The summed E-state index contributed by atoms with van der Waals surface area (Å²) in [6.07, 6.45) is 0.716. The lowest BCUT2D eigenvalue weighted by Crippen LogP contribution is -2.36. The largest absolute Gasteiger partial charge is 0.388 e. The standard InChI is InChI=1S/C19H20FN3O3S/c20-16-3-1-13(2-4-16)19(24)14-7-9-23(10-8-14)18-6-5-17(27(22,25)26)11-15(18)12-21/h1-6,11,14,19,24H,7-10H2,(H2,22,25,26). The summed E-state index contributed by atoms with van der Waals surface area (Å²) in [5, 5.41) is 25.0. The van der Waals surface area contributed by atoms with Crippen LogP contribution in [0.15, 0.2) is 47.4 Å². The molecule has 2 aromatic rings. The van der Waals surface area contributed by atoms with Gasteiger partial charge in [0, 0.05) is 13.1 Å². The number of aliphatic hydroxyl groups excluding tert-OH is 1. The highest BCUT2D eigenvalue weighted by Gasteiger charge is 2.27. The molecule has 0 spiro atoms. The van der Waals surface area contributed by atoms with Crippen molar-refractivity contribution in [2.24, 2.45) is 11.1 Å². The van der Waals surface area contributed by atoms with Crippen molar-refractivity contribution in [2.45, 2.75) is 23.8 Å². The molecule has 3 N–H and O–H groups in total. The summed E-state index contributed by atoms with van der Waals surface area (Å²) in [6.45, 7) is 1.23. The van der Waals surface area contributed by atoms with Crippen LogP contribution in [0.2, 0.25) is 0 Å². The molecule has 1 saturated heterocycles. The average molecular weight is 389 g/mol. The lowest BCUT2D eigenvalue weighted by atomic mass is 9.87. The fraction of sp³-hybridized carbons (Fsp3) is 0.316. The van der Waals surface area contributed by atoms with Gasteiger partial charge in [-0.2, -0.15) is 5.26 Å². The third kappa shape index (κ3) is 4.27. The molecule has 1 unspecified atom stereocenters. The van der Waals surface area contributed by atoms with Crippen LogP contribution in [-0.4, -0.2) is 26.6 Å². The van der Waals surface area contributed by atoms with Gasteiger partial charge in [0.05, 0.1) is 22.3 Å². The Kier molecular flexibility index (Phi) is 5.46. The number of halogens is 1. The van der Waals surface area contributed by atoms with Crippen LogP contribution in [0.5, 0.6) is 0 Å². The van der Waals surface area contributed by atoms with E-state index >= 15 is 0 Å². The van der Waals surface area contributed by atoms with Crippen molar-refractivity contribution >= 4 is 15.7 Å². The number of nitrogens with two attached hydrogens (primary N) is 1. The highest BCUT2D eigenvalue weighted by Crippen LogP contribution is 2.33. The number of sulfonamides is 1. The van der Waals surface area contributed by atoms with Crippen molar-refractivity contribution in [1.82, 2.24) is 0 Å². The molecule has 1 atom stereocenters. The summed E-state index contributed by atoms with van der Waals surface area (Å²) in [6, 6.07) is 12.1. The summed E-state index contributed by atoms with van der Waals surface area (Å²) < 4.78 is 36.0. The molecule has 27 heavy (non-hydrogen) atoms. The zero-order chi connectivity index (χ0) is 19.6. The minimum Gasteiger partial charge on any atom is -0.388 e. The normalized spacial score (nSPS) is 16.7. The maximum atomic E-state index is 13.0. The third-order valence-electron chi connectivity index (χ3n) is 4.96. The SMILES string of the molecule is N#Cc1cc(S(N)(=O)=O)ccc1N1CCC(C(O)c2ccc(F)cc2)CC1. The summed E-state index contributed by atoms with van der Waals surface area (Å²) >= 11 is 0. The topological polar surface area (TPSA) is 107 Å². The molecule has 1 aliphatic rings. The van der Waals surface area contributed by atoms with Gasteiger partial charge >= 0.3 is 0 Å². The number of piperidine rings is 1. The van der Waals surface area contributed by atoms with Crippen LogP contribution >= 0.6 is 0 Å². The average Bonchev–Trinajstić information content (AvgIpc) is 2.67. The van der Waals surface area contributed by atoms with E-state index < -0.39 is 16.1 Å². The zero-order valence-corrected chi connectivity index (χ0v) is 15.4. The minimum atomic E-state index is -3.87. The predicted molar refractivity (Wildman–Crippen MR) is 98.8 cm³/mol. The predicted octanol–water partition coefficient (Wildman–Crippen LogP) is 2.29. The molecule has 1 aliphatic heterocycles. The molecule has 6 nitrogen and oxygen atoms in total. The van der Waals surface area contributed by atoms with Crippen molar-refractivity contribution in [3.63, 3.8) is 0 Å². The highest BCUT2D eigenvalue weighted by molar-refractivity contribution is 7.89. The second kappa shape index (κ2) is 7.64. The van der Waals surface area contributed by atoms with Crippen molar-refractivity contribution in [3.8, 4) is 6.07 Å². The van der Waals surface area contributed by atoms with Gasteiger partial charge in [-0.05, 0) is 54.7 Å². The first-order chi connectivity index (χ1) is 12.8. The minimum absolute atomic E-state index is 0.0286. The molecule has 0 bridgehead atoms. The van der Waals surface area contributed by atoms with E-state index in [2.05, 4.69) is 0 Å². The van der Waals surface area contributed by atoms with Crippen LogP contribution in [0, 0.1) is 23.1 Å². The van der Waals surface area contributed by atoms with Crippen LogP contribution in [0.4, 0.5) is 10.1 Å². The zero-order valence-electron chi connectivity index (χ0n) is 14.5. The van der Waals surface area contributed by atoms with Gasteiger partial charge in [0.1, 0.15) is 11.9 Å². The molecule has 0 saturated carbocycles. The van der Waals surface area contributed by atoms with Gasteiger partial charge in [-0.15, -0.1) is 0 Å². The molecule has 1 fully saturated rings. The number of anilines is 1. The van der Waals surface area contributed by atoms with Gasteiger partial charge in [0.15, 0.2) is 0 Å². The number of benzene rings is 2. The van der Waals surface area contributed by atoms with Gasteiger partial charge in [0.25, 0.3) is 0 Å². The first kappa shape index (κ1) is 19.3. The molecule has 0 amide bonds. The van der Waals surface area contributed by atoms with Gasteiger partial charge in [-0.1, -0.05) is 12.1 Å². The monoisotopic (exact) mass is 389 g/mol. The Morgan fingerprint density at radius 3 is 2.37 bits per heavy atom. The summed E-state index contributed by atoms with van der Waals surface area (Å²) in [7, 11) is -3.87. The second-order valence-corrected chi connectivity index (χ2v) is 8.22. The first-order valence-corrected chi connectivity index (χ1v) is 10.1. The Hall–Kier alpha value is -2.47. The van der Waals surface area contributed by atoms with Crippen molar-refractivity contribution in [2.75, 3.05) is 18.0 Å². The molecule has 8 heteroatoms. The lowest BCUT2D eigenvalue weighted by molar-refractivity contribution is 0.0929. The van der Waals surface area contributed by atoms with E-state index in [0.29, 0.717) is 37.2 Å². The molecule has 3 rings (SSSR count). The lowest BCUT2D eigenvalue weighted by Gasteiger charge is -2.36. The molecule has 0 aliphatic carbocycles. The maximum Gasteiger partial charge on any atom is 0.238 e. The molecule has 142 valence electrons. The van der Waals surface area contributed by atoms with Crippen molar-refractivity contribution < 1.29 is 17.9 Å². The number of hydrogen-bond donors (Lipinski definition) is 2. The van der Waals surface area contributed by atoms with E-state index in [1.165, 1.54) is 24.3 Å². The Morgan fingerprint density at radius 2 is 1.81 bits per heavy atom. The van der Waals surface area contributed by atoms with Crippen LogP contribution in [0.1, 0.15) is 30.1 Å². The smallest absolute Gasteiger partial charge is 0.238 e. The highest BCUT2D eigenvalue weighted by atomic mass is 32.2. The van der Waals surface area contributed by atoms with Crippen LogP contribution in [0.25, 0.3) is 0 Å². The summed E-state index contributed by atoms with van der Waals surface area (Å²) in [5.41, 5.74) is 1.59. The molecular formula is C19H20FN3O3S. The van der Waals surface area contributed by atoms with E-state index in [-0.39, 0.29) is 22.2 Å². The second-order valence-electron chi connectivity index (χ2n) is 6.66. The number of nitriles is 1. The Labute approximate surface area is 157 Å². The van der Waals surface area contributed by atoms with Gasteiger partial charge in [-0.3, -0.25) is 0 Å². The number of aliphatic hydroxyl groups is 1. The van der Waals surface area contributed by atoms with E-state index in [1.54, 1.807) is 18.2 Å². The van der Waals surface area contributed by atoms with Gasteiger partial charge in [-0.25, -0.2) is 17.9 Å². The van der Waals surface area contributed by atoms with Crippen molar-refractivity contribution in [3.05, 3.63) is 59.4 Å². The van der Waals surface area contributed by atoms with Crippen LogP contribution in [0.3, 0.4) is 0 Å². The Morgan fingerprint density at radius 1 is 1.19 bits per heavy atom. The fourth-order valence-electron chi connectivity index (χ4n) is 3.45. The molecule has 2 aromatic carbocycles. The number of nitrogens with zero attached hydrogens (tertiary/aromatic N) is 2. The third-order valence-corrected chi connectivity index (χ3v) is 5.87. The number of hydrogen-bond acceptors (Lipinski definition) is 5. The van der Waals surface area contributed by atoms with Crippen LogP contribution in [-0.2, 0) is 10.0 Å². The molecular weight excluding hydrogens is 369 g/mol. The molecule has 1 heterocycles. The maximum absolute atomic E-state index is 13.0. The number of rotatable bonds is 4. The fourth-order valence-corrected chi connectivity index (χ4v) is 3.99. The summed E-state index contributed by atoms with van der Waals surface area (Å²) in [4.78, 5) is 1.91. The van der Waals surface area contributed by atoms with E-state index in [9.17, 15) is 23.2 Å². The van der Waals surface area contributed by atoms with Gasteiger partial charge < -0.3 is 10.0 Å². The summed E-state index contributed by atoms with van der Waals surface area (Å²) in [5.74, 6) is -0.311. The Balaban J connectivity index is 1.72. The van der Waals surface area contributed by atoms with Crippen LogP contribution < -0.4 is 10.0 Å². The molecule has 0 radical (unpaired) electrons.